The van der Waals surface area contributed by atoms with E-state index in [1.54, 1.807) is 18.2 Å². The molecule has 2 N–H and O–H groups in total. The molecule has 0 aromatic heterocycles. The van der Waals surface area contributed by atoms with Crippen molar-refractivity contribution in [2.45, 2.75) is 4.90 Å². The molecule has 0 saturated heterocycles. The van der Waals surface area contributed by atoms with Crippen LogP contribution in [0.15, 0.2) is 76.1 Å². The van der Waals surface area contributed by atoms with Gasteiger partial charge in [-0.3, -0.25) is 9.52 Å². The molecule has 0 heterocycles. The third-order valence-corrected chi connectivity index (χ3v) is 5.56. The van der Waals surface area contributed by atoms with E-state index in [2.05, 4.69) is 26.0 Å². The molecule has 3 aromatic carbocycles. The molecule has 0 unspecified atom stereocenters. The fourth-order valence-corrected chi connectivity index (χ4v) is 3.79. The van der Waals surface area contributed by atoms with E-state index in [1.807, 2.05) is 6.07 Å². The van der Waals surface area contributed by atoms with Crippen LogP contribution in [-0.2, 0) is 10.0 Å². The quantitative estimate of drug-likeness (QED) is 0.567. The third-order valence-electron chi connectivity index (χ3n) is 3.68. The van der Waals surface area contributed by atoms with E-state index in [0.717, 1.165) is 16.6 Å². The molecule has 1 amide bonds. The first-order valence-corrected chi connectivity index (χ1v) is 10.2. The van der Waals surface area contributed by atoms with Gasteiger partial charge in [0.15, 0.2) is 11.6 Å². The fourth-order valence-electron chi connectivity index (χ4n) is 2.32. The highest BCUT2D eigenvalue weighted by atomic mass is 79.9. The second-order valence-corrected chi connectivity index (χ2v) is 8.32. The SMILES string of the molecule is O=C(Nc1cccc(Br)c1)c1ccc(NS(=O)(=O)c2ccc(F)c(F)c2)cc1. The van der Waals surface area contributed by atoms with Crippen molar-refractivity contribution in [2.75, 3.05) is 10.0 Å². The highest BCUT2D eigenvalue weighted by Gasteiger charge is 2.17. The van der Waals surface area contributed by atoms with Crippen molar-refractivity contribution in [3.8, 4) is 0 Å². The van der Waals surface area contributed by atoms with Gasteiger partial charge in [0.05, 0.1) is 4.90 Å². The lowest BCUT2D eigenvalue weighted by Gasteiger charge is -2.10. The summed E-state index contributed by atoms with van der Waals surface area (Å²) in [4.78, 5) is 11.9. The highest BCUT2D eigenvalue weighted by Crippen LogP contribution is 2.20. The number of carbonyl (C=O) groups is 1. The van der Waals surface area contributed by atoms with Crippen molar-refractivity contribution in [1.82, 2.24) is 0 Å². The minimum Gasteiger partial charge on any atom is -0.322 e. The number of nitrogens with one attached hydrogen (secondary N) is 2. The number of hydrogen-bond donors (Lipinski definition) is 2. The molecule has 28 heavy (non-hydrogen) atoms. The Balaban J connectivity index is 1.73. The predicted octanol–water partition coefficient (Wildman–Crippen LogP) is 4.78. The molecule has 0 bridgehead atoms. The smallest absolute Gasteiger partial charge is 0.261 e. The van der Waals surface area contributed by atoms with E-state index < -0.39 is 26.6 Å². The summed E-state index contributed by atoms with van der Waals surface area (Å²) in [6.45, 7) is 0. The maximum Gasteiger partial charge on any atom is 0.261 e. The Morgan fingerprint density at radius 2 is 1.57 bits per heavy atom. The molecule has 0 aliphatic rings. The van der Waals surface area contributed by atoms with E-state index in [0.29, 0.717) is 17.3 Å². The average molecular weight is 467 g/mol. The van der Waals surface area contributed by atoms with Crippen LogP contribution in [-0.4, -0.2) is 14.3 Å². The molecule has 0 aliphatic heterocycles. The van der Waals surface area contributed by atoms with Crippen molar-refractivity contribution in [2.24, 2.45) is 0 Å². The maximum absolute atomic E-state index is 13.3. The molecule has 3 aromatic rings. The monoisotopic (exact) mass is 466 g/mol. The third kappa shape index (κ3) is 4.73. The lowest BCUT2D eigenvalue weighted by Crippen LogP contribution is -2.14. The largest absolute Gasteiger partial charge is 0.322 e. The van der Waals surface area contributed by atoms with Gasteiger partial charge in [0, 0.05) is 21.4 Å². The number of halogens is 3. The number of anilines is 2. The topological polar surface area (TPSA) is 75.3 Å². The van der Waals surface area contributed by atoms with E-state index in [-0.39, 0.29) is 11.6 Å². The van der Waals surface area contributed by atoms with Crippen LogP contribution in [0.2, 0.25) is 0 Å². The summed E-state index contributed by atoms with van der Waals surface area (Å²) in [6, 6.07) is 15.0. The number of rotatable bonds is 5. The first kappa shape index (κ1) is 20.0. The van der Waals surface area contributed by atoms with Gasteiger partial charge in [0.2, 0.25) is 0 Å². The summed E-state index contributed by atoms with van der Waals surface area (Å²) < 4.78 is 53.9. The van der Waals surface area contributed by atoms with Crippen molar-refractivity contribution < 1.29 is 22.0 Å². The van der Waals surface area contributed by atoms with Gasteiger partial charge >= 0.3 is 0 Å². The molecule has 0 aliphatic carbocycles. The molecule has 0 atom stereocenters. The Morgan fingerprint density at radius 1 is 0.857 bits per heavy atom. The average Bonchev–Trinajstić information content (AvgIpc) is 2.64. The Labute approximate surface area is 168 Å². The zero-order valence-corrected chi connectivity index (χ0v) is 16.5. The lowest BCUT2D eigenvalue weighted by atomic mass is 10.2. The van der Waals surface area contributed by atoms with Crippen molar-refractivity contribution in [1.29, 1.82) is 0 Å². The van der Waals surface area contributed by atoms with Crippen LogP contribution in [0.5, 0.6) is 0 Å². The minimum atomic E-state index is -4.10. The Kier molecular flexibility index (Phi) is 5.76. The number of carbonyl (C=O) groups excluding carboxylic acids is 1. The van der Waals surface area contributed by atoms with Gasteiger partial charge in [-0.15, -0.1) is 0 Å². The standard InChI is InChI=1S/C19H13BrF2N2O3S/c20-13-2-1-3-15(10-13)23-19(25)12-4-6-14(7-5-12)24-28(26,27)16-8-9-17(21)18(22)11-16/h1-11,24H,(H,23,25). The number of hydrogen-bond acceptors (Lipinski definition) is 3. The van der Waals surface area contributed by atoms with E-state index in [9.17, 15) is 22.0 Å². The minimum absolute atomic E-state index is 0.170. The summed E-state index contributed by atoms with van der Waals surface area (Å²) in [5.41, 5.74) is 1.09. The van der Waals surface area contributed by atoms with Crippen molar-refractivity contribution in [3.63, 3.8) is 0 Å². The van der Waals surface area contributed by atoms with Gasteiger partial charge in [-0.05, 0) is 60.7 Å². The predicted molar refractivity (Wildman–Crippen MR) is 106 cm³/mol. The molecular formula is C19H13BrF2N2O3S. The number of amides is 1. The zero-order chi connectivity index (χ0) is 20.3. The molecule has 0 fully saturated rings. The molecule has 0 saturated carbocycles. The highest BCUT2D eigenvalue weighted by molar-refractivity contribution is 9.10. The Morgan fingerprint density at radius 3 is 2.21 bits per heavy atom. The van der Waals surface area contributed by atoms with Crippen LogP contribution in [0.3, 0.4) is 0 Å². The maximum atomic E-state index is 13.3. The van der Waals surface area contributed by atoms with Crippen molar-refractivity contribution >= 4 is 43.2 Å². The van der Waals surface area contributed by atoms with Gasteiger partial charge in [0.1, 0.15) is 0 Å². The zero-order valence-electron chi connectivity index (χ0n) is 14.1. The molecule has 9 heteroatoms. The summed E-state index contributed by atoms with van der Waals surface area (Å²) in [6.07, 6.45) is 0. The summed E-state index contributed by atoms with van der Waals surface area (Å²) in [5, 5.41) is 2.72. The van der Waals surface area contributed by atoms with E-state index in [1.165, 1.54) is 24.3 Å². The normalized spacial score (nSPS) is 11.1. The summed E-state index contributed by atoms with van der Waals surface area (Å²) in [7, 11) is -4.10. The van der Waals surface area contributed by atoms with Crippen molar-refractivity contribution in [3.05, 3.63) is 88.4 Å². The van der Waals surface area contributed by atoms with Gasteiger partial charge < -0.3 is 5.32 Å². The molecule has 3 rings (SSSR count). The van der Waals surface area contributed by atoms with Crippen LogP contribution in [0.25, 0.3) is 0 Å². The second-order valence-electron chi connectivity index (χ2n) is 5.72. The van der Waals surface area contributed by atoms with Crippen LogP contribution >= 0.6 is 15.9 Å². The van der Waals surface area contributed by atoms with Gasteiger partial charge in [0.25, 0.3) is 15.9 Å². The molecular weight excluding hydrogens is 454 g/mol. The summed E-state index contributed by atoms with van der Waals surface area (Å²) in [5.74, 6) is -2.77. The van der Waals surface area contributed by atoms with Gasteiger partial charge in [-0.25, -0.2) is 17.2 Å². The molecule has 144 valence electrons. The summed E-state index contributed by atoms with van der Waals surface area (Å²) >= 11 is 3.31. The van der Waals surface area contributed by atoms with E-state index >= 15 is 0 Å². The Hall–Kier alpha value is -2.78. The molecule has 5 nitrogen and oxygen atoms in total. The first-order chi connectivity index (χ1) is 13.2. The molecule has 0 spiro atoms. The fraction of sp³-hybridized carbons (Fsp3) is 0. The van der Waals surface area contributed by atoms with Crippen LogP contribution in [0.4, 0.5) is 20.2 Å². The van der Waals surface area contributed by atoms with Crippen LogP contribution in [0, 0.1) is 11.6 Å². The lowest BCUT2D eigenvalue weighted by molar-refractivity contribution is 0.102. The molecule has 0 radical (unpaired) electrons. The number of sulfonamides is 1. The Bertz CT molecular complexity index is 1140. The second kappa shape index (κ2) is 8.07. The van der Waals surface area contributed by atoms with Gasteiger partial charge in [-0.1, -0.05) is 22.0 Å². The van der Waals surface area contributed by atoms with Gasteiger partial charge in [-0.2, -0.15) is 0 Å². The van der Waals surface area contributed by atoms with Crippen LogP contribution < -0.4 is 10.0 Å². The van der Waals surface area contributed by atoms with E-state index in [4.69, 9.17) is 0 Å². The van der Waals surface area contributed by atoms with Crippen LogP contribution in [0.1, 0.15) is 10.4 Å². The first-order valence-electron chi connectivity index (χ1n) is 7.89. The number of benzene rings is 3.